The fraction of sp³-hybridized carbons (Fsp3) is 0.241. The molecule has 1 fully saturated rings. The topological polar surface area (TPSA) is 102 Å². The maximum absolute atomic E-state index is 12.7. The number of hydrogen-bond donors (Lipinski definition) is 0. The highest BCUT2D eigenvalue weighted by molar-refractivity contribution is 7.91. The molecule has 0 atom stereocenters. The van der Waals surface area contributed by atoms with Crippen molar-refractivity contribution < 1.29 is 32.2 Å². The predicted molar refractivity (Wildman–Crippen MR) is 154 cm³/mol. The molecule has 1 amide bonds. The average molecular weight is 583 g/mol. The molecule has 1 aliphatic rings. The van der Waals surface area contributed by atoms with Crippen LogP contribution >= 0.6 is 11.3 Å². The molecule has 2 aromatic carbocycles. The molecule has 0 spiro atoms. The van der Waals surface area contributed by atoms with Gasteiger partial charge in [0.05, 0.1) is 14.2 Å². The van der Waals surface area contributed by atoms with Gasteiger partial charge in [-0.25, -0.2) is 8.42 Å². The fourth-order valence-corrected chi connectivity index (χ4v) is 6.56. The van der Waals surface area contributed by atoms with Crippen LogP contribution in [-0.4, -0.2) is 76.3 Å². The first kappa shape index (κ1) is 29.1. The monoisotopic (exact) mass is 582 g/mol. The molecule has 0 radical (unpaired) electrons. The van der Waals surface area contributed by atoms with E-state index in [1.54, 1.807) is 85.2 Å². The Morgan fingerprint density at radius 1 is 0.900 bits per heavy atom. The molecule has 40 heavy (non-hydrogen) atoms. The van der Waals surface area contributed by atoms with Crippen molar-refractivity contribution in [3.05, 3.63) is 83.3 Å². The summed E-state index contributed by atoms with van der Waals surface area (Å²) < 4.78 is 43.2. The number of rotatable bonds is 11. The van der Waals surface area contributed by atoms with Gasteiger partial charge in [0, 0.05) is 37.8 Å². The van der Waals surface area contributed by atoms with Crippen LogP contribution < -0.4 is 14.2 Å². The first-order valence-corrected chi connectivity index (χ1v) is 14.8. The van der Waals surface area contributed by atoms with Crippen LogP contribution in [-0.2, 0) is 19.6 Å². The van der Waals surface area contributed by atoms with Crippen LogP contribution in [0.1, 0.15) is 11.1 Å². The third-order valence-electron chi connectivity index (χ3n) is 6.23. The Morgan fingerprint density at radius 3 is 2.25 bits per heavy atom. The molecule has 0 N–H and O–H groups in total. The summed E-state index contributed by atoms with van der Waals surface area (Å²) in [6.45, 7) is 0.961. The molecular formula is C29H30N2O7S2. The zero-order valence-electron chi connectivity index (χ0n) is 22.2. The van der Waals surface area contributed by atoms with E-state index in [1.165, 1.54) is 27.8 Å². The Kier molecular flexibility index (Phi) is 9.75. The van der Waals surface area contributed by atoms with Gasteiger partial charge in [0.2, 0.25) is 0 Å². The highest BCUT2D eigenvalue weighted by atomic mass is 32.2. The third-order valence-corrected chi connectivity index (χ3v) is 9.50. The van der Waals surface area contributed by atoms with E-state index in [0.717, 1.165) is 11.1 Å². The zero-order chi connectivity index (χ0) is 28.5. The van der Waals surface area contributed by atoms with E-state index in [9.17, 15) is 18.0 Å². The molecule has 1 saturated heterocycles. The summed E-state index contributed by atoms with van der Waals surface area (Å²) in [6.07, 6.45) is 6.30. The van der Waals surface area contributed by atoms with Crippen LogP contribution in [0.4, 0.5) is 0 Å². The van der Waals surface area contributed by atoms with Crippen molar-refractivity contribution in [2.75, 3.05) is 47.0 Å². The quantitative estimate of drug-likeness (QED) is 0.315. The maximum Gasteiger partial charge on any atom is 0.260 e. The molecule has 0 unspecified atom stereocenters. The molecule has 210 valence electrons. The third kappa shape index (κ3) is 7.38. The van der Waals surface area contributed by atoms with Gasteiger partial charge in [-0.15, -0.1) is 11.3 Å². The number of carbonyl (C=O) groups excluding carboxylic acids is 2. The number of allylic oxidation sites excluding steroid dienone is 2. The molecule has 0 saturated carbocycles. The van der Waals surface area contributed by atoms with E-state index < -0.39 is 10.0 Å². The number of amides is 1. The van der Waals surface area contributed by atoms with E-state index in [0.29, 0.717) is 34.5 Å². The summed E-state index contributed by atoms with van der Waals surface area (Å²) in [6, 6.07) is 15.7. The predicted octanol–water partition coefficient (Wildman–Crippen LogP) is 3.97. The highest BCUT2D eigenvalue weighted by Crippen LogP contribution is 2.26. The van der Waals surface area contributed by atoms with Gasteiger partial charge in [-0.3, -0.25) is 9.59 Å². The van der Waals surface area contributed by atoms with Crippen LogP contribution in [0.15, 0.2) is 76.3 Å². The molecule has 11 heteroatoms. The number of hydrogen-bond acceptors (Lipinski definition) is 8. The van der Waals surface area contributed by atoms with Gasteiger partial charge in [0.15, 0.2) is 12.4 Å². The molecule has 1 aliphatic heterocycles. The van der Waals surface area contributed by atoms with Crippen molar-refractivity contribution in [1.82, 2.24) is 9.21 Å². The van der Waals surface area contributed by atoms with Gasteiger partial charge in [0.25, 0.3) is 15.9 Å². The van der Waals surface area contributed by atoms with Crippen LogP contribution in [0, 0.1) is 0 Å². The molecular weight excluding hydrogens is 552 g/mol. The van der Waals surface area contributed by atoms with Crippen LogP contribution in [0.25, 0.3) is 12.2 Å². The SMILES string of the molecule is COc1ccc(C=CC(=O)C=Cc2ccc(OCC(=O)N3CCN(S(=O)(=O)c4cccs4)CC3)cc2)c(OC)c1. The molecule has 3 aromatic rings. The standard InChI is InChI=1S/C29H30N2O7S2/c1-36-26-14-9-23(27(20-26)37-2)8-11-24(32)10-5-22-6-12-25(13-7-22)38-21-28(33)30-15-17-31(18-16-30)40(34,35)29-4-3-19-39-29/h3-14,19-20H,15-18,21H2,1-2H3. The highest BCUT2D eigenvalue weighted by Gasteiger charge is 2.30. The lowest BCUT2D eigenvalue weighted by atomic mass is 10.1. The van der Waals surface area contributed by atoms with Crippen molar-refractivity contribution in [3.63, 3.8) is 0 Å². The Labute approximate surface area is 237 Å². The number of piperazine rings is 1. The summed E-state index contributed by atoms with van der Waals surface area (Å²) in [5.41, 5.74) is 1.55. The van der Waals surface area contributed by atoms with Gasteiger partial charge in [-0.05, 0) is 59.5 Å². The minimum atomic E-state index is -3.52. The number of benzene rings is 2. The lowest BCUT2D eigenvalue weighted by Crippen LogP contribution is -2.51. The average Bonchev–Trinajstić information content (AvgIpc) is 3.54. The fourth-order valence-electron chi connectivity index (χ4n) is 3.99. The number of methoxy groups -OCH3 is 2. The van der Waals surface area contributed by atoms with Crippen molar-refractivity contribution in [2.24, 2.45) is 0 Å². The maximum atomic E-state index is 12.7. The zero-order valence-corrected chi connectivity index (χ0v) is 23.8. The molecule has 0 bridgehead atoms. The second kappa shape index (κ2) is 13.4. The van der Waals surface area contributed by atoms with Gasteiger partial charge >= 0.3 is 0 Å². The molecule has 9 nitrogen and oxygen atoms in total. The van der Waals surface area contributed by atoms with Crippen LogP contribution in [0.2, 0.25) is 0 Å². The summed E-state index contributed by atoms with van der Waals surface area (Å²) >= 11 is 1.18. The van der Waals surface area contributed by atoms with Crippen molar-refractivity contribution in [2.45, 2.75) is 4.21 Å². The number of sulfonamides is 1. The van der Waals surface area contributed by atoms with Crippen LogP contribution in [0.5, 0.6) is 17.2 Å². The molecule has 1 aromatic heterocycles. The van der Waals surface area contributed by atoms with E-state index >= 15 is 0 Å². The van der Waals surface area contributed by atoms with E-state index in [1.807, 2.05) is 6.07 Å². The number of ketones is 1. The smallest absolute Gasteiger partial charge is 0.260 e. The molecule has 0 aliphatic carbocycles. The normalized spacial score (nSPS) is 14.5. The molecule has 2 heterocycles. The Balaban J connectivity index is 1.23. The van der Waals surface area contributed by atoms with Crippen LogP contribution in [0.3, 0.4) is 0 Å². The minimum absolute atomic E-state index is 0.148. The van der Waals surface area contributed by atoms with Gasteiger partial charge < -0.3 is 19.1 Å². The number of thiophene rings is 1. The van der Waals surface area contributed by atoms with E-state index in [4.69, 9.17) is 14.2 Å². The van der Waals surface area contributed by atoms with E-state index in [2.05, 4.69) is 0 Å². The van der Waals surface area contributed by atoms with Gasteiger partial charge in [0.1, 0.15) is 21.5 Å². The lowest BCUT2D eigenvalue weighted by Gasteiger charge is -2.33. The van der Waals surface area contributed by atoms with E-state index in [-0.39, 0.29) is 31.4 Å². The van der Waals surface area contributed by atoms with Crippen molar-refractivity contribution in [3.8, 4) is 17.2 Å². The Bertz CT molecular complexity index is 1470. The summed E-state index contributed by atoms with van der Waals surface area (Å²) in [4.78, 5) is 26.5. The second-order valence-electron chi connectivity index (χ2n) is 8.75. The van der Waals surface area contributed by atoms with Crippen molar-refractivity contribution >= 4 is 45.2 Å². The lowest BCUT2D eigenvalue weighted by molar-refractivity contribution is -0.134. The second-order valence-corrected chi connectivity index (χ2v) is 11.9. The number of carbonyl (C=O) groups is 2. The Morgan fingerprint density at radius 2 is 1.60 bits per heavy atom. The first-order valence-electron chi connectivity index (χ1n) is 12.5. The van der Waals surface area contributed by atoms with Gasteiger partial charge in [-0.1, -0.05) is 24.3 Å². The minimum Gasteiger partial charge on any atom is -0.497 e. The first-order chi connectivity index (χ1) is 19.3. The summed E-state index contributed by atoms with van der Waals surface area (Å²) in [5, 5.41) is 1.73. The Hall–Kier alpha value is -3.93. The number of ether oxygens (including phenoxy) is 3. The largest absolute Gasteiger partial charge is 0.497 e. The summed E-state index contributed by atoms with van der Waals surface area (Å²) in [5.74, 6) is 1.39. The molecule has 4 rings (SSSR count). The van der Waals surface area contributed by atoms with Crippen molar-refractivity contribution in [1.29, 1.82) is 0 Å². The summed E-state index contributed by atoms with van der Waals surface area (Å²) in [7, 11) is -0.386. The number of nitrogens with zero attached hydrogens (tertiary/aromatic N) is 2. The van der Waals surface area contributed by atoms with Gasteiger partial charge in [-0.2, -0.15) is 4.31 Å².